The van der Waals surface area contributed by atoms with Crippen LogP contribution in [-0.2, 0) is 9.53 Å². The quantitative estimate of drug-likeness (QED) is 0.707. The van der Waals surface area contributed by atoms with E-state index in [0.717, 1.165) is 25.7 Å². The summed E-state index contributed by atoms with van der Waals surface area (Å²) in [5.41, 5.74) is 0.839. The Hall–Kier alpha value is -3.15. The van der Waals surface area contributed by atoms with Gasteiger partial charge in [-0.05, 0) is 37.1 Å². The number of rotatable bonds is 7. The highest BCUT2D eigenvalue weighted by Crippen LogP contribution is 2.17. The van der Waals surface area contributed by atoms with Gasteiger partial charge in [0.2, 0.25) is 5.91 Å². The summed E-state index contributed by atoms with van der Waals surface area (Å²) in [6.07, 6.45) is 5.18. The molecule has 152 valence electrons. The van der Waals surface area contributed by atoms with Crippen LogP contribution in [0.3, 0.4) is 0 Å². The second kappa shape index (κ2) is 10.4. The van der Waals surface area contributed by atoms with Crippen molar-refractivity contribution in [1.29, 1.82) is 0 Å². The second-order valence-corrected chi connectivity index (χ2v) is 7.20. The van der Waals surface area contributed by atoms with Crippen molar-refractivity contribution in [1.82, 2.24) is 10.6 Å². The maximum Gasteiger partial charge on any atom is 0.338 e. The lowest BCUT2D eigenvalue weighted by Gasteiger charge is -2.26. The standard InChI is InChI=1S/C23H26N2O4/c26-21(17-10-4-1-5-11-17)25-20(22(27)24-19-14-8-3-9-15-19)16-29-23(28)18-12-6-2-7-13-18/h1-2,4-7,10-13,19-20H,3,8-9,14-16H2,(H,24,27)(H,25,26)/t20-/m0/s1. The first-order valence-corrected chi connectivity index (χ1v) is 10.0. The molecule has 2 N–H and O–H groups in total. The van der Waals surface area contributed by atoms with E-state index in [-0.39, 0.29) is 24.5 Å². The van der Waals surface area contributed by atoms with Crippen LogP contribution >= 0.6 is 0 Å². The van der Waals surface area contributed by atoms with Crippen molar-refractivity contribution in [3.63, 3.8) is 0 Å². The molecule has 0 unspecified atom stereocenters. The summed E-state index contributed by atoms with van der Waals surface area (Å²) in [6.45, 7) is -0.231. The molecule has 6 heteroatoms. The number of amides is 2. The summed E-state index contributed by atoms with van der Waals surface area (Å²) in [7, 11) is 0. The first-order chi connectivity index (χ1) is 14.1. The molecular weight excluding hydrogens is 368 g/mol. The molecule has 0 heterocycles. The lowest BCUT2D eigenvalue weighted by atomic mass is 9.95. The van der Waals surface area contributed by atoms with Crippen LogP contribution in [0.4, 0.5) is 0 Å². The van der Waals surface area contributed by atoms with Gasteiger partial charge in [-0.2, -0.15) is 0 Å². The van der Waals surface area contributed by atoms with Crippen LogP contribution in [0.25, 0.3) is 0 Å². The van der Waals surface area contributed by atoms with E-state index in [1.807, 2.05) is 6.07 Å². The fraction of sp³-hybridized carbons (Fsp3) is 0.348. The number of hydrogen-bond donors (Lipinski definition) is 2. The number of carbonyl (C=O) groups excluding carboxylic acids is 3. The van der Waals surface area contributed by atoms with Gasteiger partial charge in [0, 0.05) is 11.6 Å². The molecule has 3 rings (SSSR count). The molecular formula is C23H26N2O4. The zero-order valence-corrected chi connectivity index (χ0v) is 16.3. The van der Waals surface area contributed by atoms with Gasteiger partial charge >= 0.3 is 5.97 Å². The van der Waals surface area contributed by atoms with E-state index in [9.17, 15) is 14.4 Å². The number of carbonyl (C=O) groups is 3. The van der Waals surface area contributed by atoms with Gasteiger partial charge in [-0.25, -0.2) is 4.79 Å². The summed E-state index contributed by atoms with van der Waals surface area (Å²) in [5.74, 6) is -1.25. The lowest BCUT2D eigenvalue weighted by molar-refractivity contribution is -0.124. The van der Waals surface area contributed by atoms with Crippen molar-refractivity contribution in [2.24, 2.45) is 0 Å². The molecule has 2 aromatic carbocycles. The van der Waals surface area contributed by atoms with Crippen LogP contribution in [0, 0.1) is 0 Å². The molecule has 29 heavy (non-hydrogen) atoms. The highest BCUT2D eigenvalue weighted by Gasteiger charge is 2.26. The van der Waals surface area contributed by atoms with Gasteiger partial charge in [0.25, 0.3) is 5.91 Å². The fourth-order valence-corrected chi connectivity index (χ4v) is 3.38. The third-order valence-electron chi connectivity index (χ3n) is 5.00. The highest BCUT2D eigenvalue weighted by molar-refractivity contribution is 5.97. The largest absolute Gasteiger partial charge is 0.459 e. The molecule has 6 nitrogen and oxygen atoms in total. The average Bonchev–Trinajstić information content (AvgIpc) is 2.78. The molecule has 0 aliphatic heterocycles. The van der Waals surface area contributed by atoms with Crippen molar-refractivity contribution in [3.05, 3.63) is 71.8 Å². The molecule has 2 amide bonds. The van der Waals surface area contributed by atoms with Crippen LogP contribution in [-0.4, -0.2) is 36.5 Å². The minimum absolute atomic E-state index is 0.0946. The van der Waals surface area contributed by atoms with Gasteiger partial charge in [-0.1, -0.05) is 55.7 Å². The number of nitrogens with one attached hydrogen (secondary N) is 2. The monoisotopic (exact) mass is 394 g/mol. The molecule has 0 saturated heterocycles. The normalized spacial score (nSPS) is 15.2. The Labute approximate surface area is 170 Å². The van der Waals surface area contributed by atoms with Gasteiger partial charge in [-0.15, -0.1) is 0 Å². The van der Waals surface area contributed by atoms with E-state index in [0.29, 0.717) is 11.1 Å². The molecule has 1 fully saturated rings. The van der Waals surface area contributed by atoms with E-state index in [4.69, 9.17) is 4.74 Å². The fourth-order valence-electron chi connectivity index (χ4n) is 3.38. The van der Waals surface area contributed by atoms with E-state index in [1.54, 1.807) is 54.6 Å². The Bertz CT molecular complexity index is 817. The van der Waals surface area contributed by atoms with Crippen molar-refractivity contribution < 1.29 is 19.1 Å². The number of benzene rings is 2. The van der Waals surface area contributed by atoms with Crippen molar-refractivity contribution in [3.8, 4) is 0 Å². The van der Waals surface area contributed by atoms with E-state index < -0.39 is 12.0 Å². The number of ether oxygens (including phenoxy) is 1. The van der Waals surface area contributed by atoms with Crippen molar-refractivity contribution in [2.45, 2.75) is 44.2 Å². The van der Waals surface area contributed by atoms with Crippen molar-refractivity contribution >= 4 is 17.8 Å². The maximum absolute atomic E-state index is 12.8. The van der Waals surface area contributed by atoms with Gasteiger partial charge in [0.1, 0.15) is 12.6 Å². The van der Waals surface area contributed by atoms with Crippen LogP contribution in [0.5, 0.6) is 0 Å². The Morgan fingerprint density at radius 1 is 0.862 bits per heavy atom. The summed E-state index contributed by atoms with van der Waals surface area (Å²) in [4.78, 5) is 37.6. The molecule has 1 aliphatic rings. The van der Waals surface area contributed by atoms with Crippen molar-refractivity contribution in [2.75, 3.05) is 6.61 Å². The Morgan fingerprint density at radius 2 is 1.45 bits per heavy atom. The molecule has 0 bridgehead atoms. The predicted octanol–water partition coefficient (Wildman–Crippen LogP) is 3.09. The molecule has 1 atom stereocenters. The summed E-state index contributed by atoms with van der Waals surface area (Å²) >= 11 is 0. The summed E-state index contributed by atoms with van der Waals surface area (Å²) in [5, 5.41) is 5.70. The third kappa shape index (κ3) is 6.17. The first-order valence-electron chi connectivity index (χ1n) is 10.0. The van der Waals surface area contributed by atoms with E-state index in [1.165, 1.54) is 6.42 Å². The van der Waals surface area contributed by atoms with Gasteiger partial charge in [0.05, 0.1) is 5.56 Å². The minimum atomic E-state index is -0.961. The topological polar surface area (TPSA) is 84.5 Å². The zero-order valence-electron chi connectivity index (χ0n) is 16.3. The van der Waals surface area contributed by atoms with Crippen LogP contribution < -0.4 is 10.6 Å². The van der Waals surface area contributed by atoms with Gasteiger partial charge in [0.15, 0.2) is 0 Å². The average molecular weight is 394 g/mol. The summed E-state index contributed by atoms with van der Waals surface area (Å²) < 4.78 is 5.32. The predicted molar refractivity (Wildman–Crippen MR) is 109 cm³/mol. The number of hydrogen-bond acceptors (Lipinski definition) is 4. The highest BCUT2D eigenvalue weighted by atomic mass is 16.5. The van der Waals surface area contributed by atoms with Gasteiger partial charge in [-0.3, -0.25) is 9.59 Å². The molecule has 1 aliphatic carbocycles. The van der Waals surface area contributed by atoms with E-state index >= 15 is 0 Å². The van der Waals surface area contributed by atoms with Crippen LogP contribution in [0.15, 0.2) is 60.7 Å². The smallest absolute Gasteiger partial charge is 0.338 e. The molecule has 2 aromatic rings. The number of esters is 1. The SMILES string of the molecule is O=C(N[C@@H](COC(=O)c1ccccc1)C(=O)NC1CCCCC1)c1ccccc1. The van der Waals surface area contributed by atoms with Crippen LogP contribution in [0.1, 0.15) is 52.8 Å². The molecule has 0 aromatic heterocycles. The third-order valence-corrected chi connectivity index (χ3v) is 5.00. The van der Waals surface area contributed by atoms with Gasteiger partial charge < -0.3 is 15.4 Å². The molecule has 1 saturated carbocycles. The Morgan fingerprint density at radius 3 is 2.07 bits per heavy atom. The first kappa shape index (κ1) is 20.6. The lowest BCUT2D eigenvalue weighted by Crippen LogP contribution is -2.52. The molecule has 0 radical (unpaired) electrons. The Kier molecular flexibility index (Phi) is 7.39. The molecule has 0 spiro atoms. The maximum atomic E-state index is 12.8. The minimum Gasteiger partial charge on any atom is -0.459 e. The van der Waals surface area contributed by atoms with Crippen LogP contribution in [0.2, 0.25) is 0 Å². The van der Waals surface area contributed by atoms with E-state index in [2.05, 4.69) is 10.6 Å². The second-order valence-electron chi connectivity index (χ2n) is 7.20. The summed E-state index contributed by atoms with van der Waals surface area (Å²) in [6, 6.07) is 16.3. The Balaban J connectivity index is 1.65. The zero-order chi connectivity index (χ0) is 20.5.